The lowest BCUT2D eigenvalue weighted by Gasteiger charge is -2.32. The van der Waals surface area contributed by atoms with Gasteiger partial charge in [-0.25, -0.2) is 13.5 Å². The Morgan fingerprint density at radius 1 is 1.24 bits per heavy atom. The summed E-state index contributed by atoms with van der Waals surface area (Å²) in [4.78, 5) is 6.15. The molecule has 0 atom stereocenters. The Morgan fingerprint density at radius 3 is 2.59 bits per heavy atom. The molecule has 0 unspecified atom stereocenters. The average Bonchev–Trinajstić information content (AvgIpc) is 3.04. The number of nitrogens with one attached hydrogen (secondary N) is 2. The Balaban J connectivity index is 1.58. The van der Waals surface area contributed by atoms with Crippen LogP contribution in [0.5, 0.6) is 0 Å². The molecule has 1 aromatic heterocycles. The fraction of sp³-hybridized carbons (Fsp3) is 0.524. The third kappa shape index (κ3) is 5.76. The van der Waals surface area contributed by atoms with E-state index in [4.69, 9.17) is 0 Å². The highest BCUT2D eigenvalue weighted by Gasteiger charge is 2.22. The molecule has 2 N–H and O–H groups in total. The van der Waals surface area contributed by atoms with Crippen LogP contribution < -0.4 is 10.6 Å². The first-order valence-corrected chi connectivity index (χ1v) is 10.1. The number of nitrogens with zero attached hydrogens (tertiary/aromatic N) is 4. The predicted octanol–water partition coefficient (Wildman–Crippen LogP) is 2.88. The van der Waals surface area contributed by atoms with E-state index in [0.717, 1.165) is 41.4 Å². The number of hydrogen-bond acceptors (Lipinski definition) is 3. The minimum Gasteiger partial charge on any atom is -0.354 e. The van der Waals surface area contributed by atoms with Gasteiger partial charge in [-0.1, -0.05) is 18.2 Å². The molecule has 1 fully saturated rings. The van der Waals surface area contributed by atoms with E-state index >= 15 is 0 Å². The molecular formula is C21H30F2N6. The summed E-state index contributed by atoms with van der Waals surface area (Å²) in [5.74, 6) is 0.723. The van der Waals surface area contributed by atoms with Crippen molar-refractivity contribution in [2.75, 3.05) is 26.7 Å². The largest absolute Gasteiger partial charge is 0.354 e. The summed E-state index contributed by atoms with van der Waals surface area (Å²) in [7, 11) is 1.74. The molecule has 0 aliphatic carbocycles. The second kappa shape index (κ2) is 9.82. The molecule has 0 amide bonds. The number of likely N-dealkylation sites (tertiary alicyclic amines) is 1. The maximum Gasteiger partial charge on any atom is 0.251 e. The van der Waals surface area contributed by atoms with E-state index < -0.39 is 6.43 Å². The quantitative estimate of drug-likeness (QED) is 0.574. The molecule has 8 heteroatoms. The highest BCUT2D eigenvalue weighted by Crippen LogP contribution is 2.17. The van der Waals surface area contributed by atoms with Gasteiger partial charge in [0, 0.05) is 38.4 Å². The van der Waals surface area contributed by atoms with Crippen molar-refractivity contribution in [2.45, 2.75) is 45.7 Å². The zero-order chi connectivity index (χ0) is 20.8. The monoisotopic (exact) mass is 404 g/mol. The number of aliphatic imine (C=N–C) groups is 1. The number of guanidine groups is 1. The number of alkyl halides is 2. The van der Waals surface area contributed by atoms with Crippen molar-refractivity contribution >= 4 is 5.96 Å². The summed E-state index contributed by atoms with van der Waals surface area (Å²) in [5, 5.41) is 11.4. The van der Waals surface area contributed by atoms with Crippen molar-refractivity contribution in [3.63, 3.8) is 0 Å². The molecule has 1 aliphatic rings. The Morgan fingerprint density at radius 2 is 1.97 bits per heavy atom. The first-order chi connectivity index (χ1) is 14.0. The van der Waals surface area contributed by atoms with Crippen molar-refractivity contribution in [1.82, 2.24) is 25.3 Å². The van der Waals surface area contributed by atoms with Gasteiger partial charge in [-0.3, -0.25) is 9.89 Å². The molecule has 2 heterocycles. The van der Waals surface area contributed by atoms with Crippen LogP contribution in [0, 0.1) is 13.8 Å². The van der Waals surface area contributed by atoms with Crippen LogP contribution in [0.3, 0.4) is 0 Å². The fourth-order valence-corrected chi connectivity index (χ4v) is 3.76. The van der Waals surface area contributed by atoms with Crippen LogP contribution in [0.4, 0.5) is 8.78 Å². The first-order valence-electron chi connectivity index (χ1n) is 10.1. The number of para-hydroxylation sites is 1. The minimum absolute atomic E-state index is 0.136. The topological polar surface area (TPSA) is 57.5 Å². The molecule has 0 bridgehead atoms. The number of rotatable bonds is 6. The van der Waals surface area contributed by atoms with Gasteiger partial charge in [0.2, 0.25) is 0 Å². The lowest BCUT2D eigenvalue weighted by atomic mass is 10.1. The van der Waals surface area contributed by atoms with E-state index in [-0.39, 0.29) is 12.6 Å². The summed E-state index contributed by atoms with van der Waals surface area (Å²) in [6.07, 6.45) is -0.609. The summed E-state index contributed by atoms with van der Waals surface area (Å²) >= 11 is 0. The van der Waals surface area contributed by atoms with Crippen molar-refractivity contribution in [3.8, 4) is 5.69 Å². The molecule has 0 saturated carbocycles. The highest BCUT2D eigenvalue weighted by molar-refractivity contribution is 5.80. The van der Waals surface area contributed by atoms with Crippen LogP contribution in [0.15, 0.2) is 35.3 Å². The molecular weight excluding hydrogens is 374 g/mol. The second-order valence-electron chi connectivity index (χ2n) is 7.50. The van der Waals surface area contributed by atoms with E-state index in [0.29, 0.717) is 19.6 Å². The van der Waals surface area contributed by atoms with Crippen LogP contribution in [0.25, 0.3) is 5.69 Å². The molecule has 0 spiro atoms. The van der Waals surface area contributed by atoms with Crippen LogP contribution in [0.2, 0.25) is 0 Å². The predicted molar refractivity (Wildman–Crippen MR) is 112 cm³/mol. The number of halogens is 2. The van der Waals surface area contributed by atoms with Gasteiger partial charge in [-0.2, -0.15) is 5.10 Å². The number of piperidine rings is 1. The molecule has 1 aliphatic heterocycles. The van der Waals surface area contributed by atoms with Crippen molar-refractivity contribution < 1.29 is 8.78 Å². The number of benzene rings is 1. The van der Waals surface area contributed by atoms with E-state index in [2.05, 4.69) is 38.9 Å². The normalized spacial score (nSPS) is 16.4. The lowest BCUT2D eigenvalue weighted by molar-refractivity contribution is 0.0744. The van der Waals surface area contributed by atoms with Crippen molar-refractivity contribution in [3.05, 3.63) is 47.3 Å². The van der Waals surface area contributed by atoms with Crippen LogP contribution in [0.1, 0.15) is 29.8 Å². The summed E-state index contributed by atoms with van der Waals surface area (Å²) < 4.78 is 27.0. The maximum absolute atomic E-state index is 12.5. The standard InChI is InChI=1S/C21H30F2N6/c1-15-12-16(2)29(27-15)19-7-5-4-6-17(19)13-25-21(24-3)26-18-8-10-28(11-9-18)14-20(22)23/h4-7,12,18,20H,8-11,13-14H2,1-3H3,(H2,24,25,26). The zero-order valence-electron chi connectivity index (χ0n) is 17.3. The van der Waals surface area contributed by atoms with Gasteiger partial charge in [0.15, 0.2) is 5.96 Å². The van der Waals surface area contributed by atoms with Gasteiger partial charge >= 0.3 is 0 Å². The maximum atomic E-state index is 12.5. The Hall–Kier alpha value is -2.48. The fourth-order valence-electron chi connectivity index (χ4n) is 3.76. The summed E-state index contributed by atoms with van der Waals surface area (Å²) in [6.45, 7) is 5.87. The molecule has 3 rings (SSSR count). The van der Waals surface area contributed by atoms with E-state index in [9.17, 15) is 8.78 Å². The van der Waals surface area contributed by atoms with Crippen molar-refractivity contribution in [2.24, 2.45) is 4.99 Å². The van der Waals surface area contributed by atoms with Crippen LogP contribution >= 0.6 is 0 Å². The average molecular weight is 405 g/mol. The van der Waals surface area contributed by atoms with Gasteiger partial charge in [-0.15, -0.1) is 0 Å². The highest BCUT2D eigenvalue weighted by atomic mass is 19.3. The van der Waals surface area contributed by atoms with Gasteiger partial charge < -0.3 is 10.6 Å². The number of aromatic nitrogens is 2. The zero-order valence-corrected chi connectivity index (χ0v) is 17.3. The minimum atomic E-state index is -2.27. The summed E-state index contributed by atoms with van der Waals surface area (Å²) in [5.41, 5.74) is 4.24. The van der Waals surface area contributed by atoms with Crippen molar-refractivity contribution in [1.29, 1.82) is 0 Å². The van der Waals surface area contributed by atoms with Gasteiger partial charge in [0.25, 0.3) is 6.43 Å². The third-order valence-electron chi connectivity index (χ3n) is 5.22. The molecule has 158 valence electrons. The number of hydrogen-bond donors (Lipinski definition) is 2. The van der Waals surface area contributed by atoms with Crippen LogP contribution in [-0.4, -0.2) is 59.8 Å². The Bertz CT molecular complexity index is 824. The molecule has 6 nitrogen and oxygen atoms in total. The lowest BCUT2D eigenvalue weighted by Crippen LogP contribution is -2.49. The SMILES string of the molecule is CN=C(NCc1ccccc1-n1nc(C)cc1C)NC1CCN(CC(F)F)CC1. The Labute approximate surface area is 171 Å². The van der Waals surface area contributed by atoms with Crippen LogP contribution in [-0.2, 0) is 6.54 Å². The van der Waals surface area contributed by atoms with E-state index in [1.54, 1.807) is 7.05 Å². The second-order valence-corrected chi connectivity index (χ2v) is 7.50. The number of aryl methyl sites for hydroxylation is 2. The van der Waals surface area contributed by atoms with Gasteiger partial charge in [0.1, 0.15) is 0 Å². The molecule has 1 saturated heterocycles. The third-order valence-corrected chi connectivity index (χ3v) is 5.22. The molecule has 29 heavy (non-hydrogen) atoms. The summed E-state index contributed by atoms with van der Waals surface area (Å²) in [6, 6.07) is 10.5. The van der Waals surface area contributed by atoms with Gasteiger partial charge in [-0.05, 0) is 44.4 Å². The molecule has 1 aromatic carbocycles. The van der Waals surface area contributed by atoms with E-state index in [1.165, 1.54) is 0 Å². The Kier molecular flexibility index (Phi) is 7.19. The van der Waals surface area contributed by atoms with Gasteiger partial charge in [0.05, 0.1) is 17.9 Å². The smallest absolute Gasteiger partial charge is 0.251 e. The molecule has 2 aromatic rings. The first kappa shape index (κ1) is 21.2. The van der Waals surface area contributed by atoms with E-state index in [1.807, 2.05) is 35.6 Å². The molecule has 0 radical (unpaired) electrons.